The smallest absolute Gasteiger partial charge is 0.244 e. The Morgan fingerprint density at radius 3 is 2.91 bits per heavy atom. The summed E-state index contributed by atoms with van der Waals surface area (Å²) in [6.07, 6.45) is 2.30. The van der Waals surface area contributed by atoms with Gasteiger partial charge >= 0.3 is 0 Å². The van der Waals surface area contributed by atoms with E-state index in [1.807, 2.05) is 48.9 Å². The SMILES string of the molecule is Cc1cccc(NC(=O)CN(CC2CCCO2)C(=O)CCc2nc(-c3ccsc3)no2)c1C. The van der Waals surface area contributed by atoms with Crippen LogP contribution < -0.4 is 5.32 Å². The first-order chi connectivity index (χ1) is 16.0. The lowest BCUT2D eigenvalue weighted by atomic mass is 10.1. The average molecular weight is 469 g/mol. The maximum absolute atomic E-state index is 13.1. The number of ether oxygens (including phenoxy) is 1. The van der Waals surface area contributed by atoms with Crippen molar-refractivity contribution in [2.45, 2.75) is 45.6 Å². The monoisotopic (exact) mass is 468 g/mol. The number of hydrogen-bond donors (Lipinski definition) is 1. The van der Waals surface area contributed by atoms with Crippen LogP contribution in [0, 0.1) is 13.8 Å². The quantitative estimate of drug-likeness (QED) is 0.510. The Hall–Kier alpha value is -3.04. The molecule has 1 unspecified atom stereocenters. The molecular weight excluding hydrogens is 440 g/mol. The van der Waals surface area contributed by atoms with Crippen molar-refractivity contribution < 1.29 is 18.8 Å². The first-order valence-corrected chi connectivity index (χ1v) is 12.0. The molecule has 1 aliphatic rings. The van der Waals surface area contributed by atoms with E-state index in [0.29, 0.717) is 31.3 Å². The number of carbonyl (C=O) groups is 2. The molecule has 2 aromatic heterocycles. The van der Waals surface area contributed by atoms with Crippen molar-refractivity contribution in [3.8, 4) is 11.4 Å². The predicted octanol–water partition coefficient (Wildman–Crippen LogP) is 3.99. The number of thiophene rings is 1. The lowest BCUT2D eigenvalue weighted by Gasteiger charge is -2.25. The van der Waals surface area contributed by atoms with Crippen LogP contribution in [0.1, 0.15) is 36.3 Å². The van der Waals surface area contributed by atoms with Gasteiger partial charge in [0.1, 0.15) is 0 Å². The minimum atomic E-state index is -0.229. The molecule has 2 amide bonds. The Kier molecular flexibility index (Phi) is 7.51. The standard InChI is InChI=1S/C24H28N4O4S/c1-16-5-3-7-20(17(16)2)25-21(29)14-28(13-19-6-4-11-31-19)23(30)9-8-22-26-24(27-32-22)18-10-12-33-15-18/h3,5,7,10,12,15,19H,4,6,8-9,11,13-14H2,1-2H3,(H,25,29). The highest BCUT2D eigenvalue weighted by Gasteiger charge is 2.25. The fourth-order valence-corrected chi connectivity index (χ4v) is 4.41. The van der Waals surface area contributed by atoms with Crippen LogP contribution in [0.2, 0.25) is 0 Å². The van der Waals surface area contributed by atoms with E-state index in [9.17, 15) is 9.59 Å². The summed E-state index contributed by atoms with van der Waals surface area (Å²) in [6, 6.07) is 7.69. The Morgan fingerprint density at radius 2 is 2.15 bits per heavy atom. The van der Waals surface area contributed by atoms with E-state index in [0.717, 1.165) is 35.2 Å². The van der Waals surface area contributed by atoms with E-state index in [-0.39, 0.29) is 30.9 Å². The van der Waals surface area contributed by atoms with Gasteiger partial charge in [-0.1, -0.05) is 17.3 Å². The molecule has 0 bridgehead atoms. The van der Waals surface area contributed by atoms with E-state index in [1.165, 1.54) is 0 Å². The number of nitrogens with zero attached hydrogens (tertiary/aromatic N) is 3. The van der Waals surface area contributed by atoms with Gasteiger partial charge in [-0.3, -0.25) is 9.59 Å². The highest BCUT2D eigenvalue weighted by molar-refractivity contribution is 7.08. The summed E-state index contributed by atoms with van der Waals surface area (Å²) >= 11 is 1.56. The molecule has 1 atom stereocenters. The zero-order valence-corrected chi connectivity index (χ0v) is 19.7. The van der Waals surface area contributed by atoms with Gasteiger partial charge in [-0.2, -0.15) is 16.3 Å². The molecule has 3 aromatic rings. The zero-order valence-electron chi connectivity index (χ0n) is 18.9. The Balaban J connectivity index is 1.38. The van der Waals surface area contributed by atoms with Crippen LogP contribution in [0.15, 0.2) is 39.5 Å². The van der Waals surface area contributed by atoms with Crippen molar-refractivity contribution >= 4 is 28.8 Å². The number of rotatable bonds is 9. The molecule has 1 N–H and O–H groups in total. The molecule has 33 heavy (non-hydrogen) atoms. The van der Waals surface area contributed by atoms with Crippen LogP contribution in [0.3, 0.4) is 0 Å². The summed E-state index contributed by atoms with van der Waals surface area (Å²) in [4.78, 5) is 31.8. The fraction of sp³-hybridized carbons (Fsp3) is 0.417. The molecular formula is C24H28N4O4S. The summed E-state index contributed by atoms with van der Waals surface area (Å²) in [5.41, 5.74) is 3.77. The maximum atomic E-state index is 13.1. The molecule has 0 aliphatic carbocycles. The van der Waals surface area contributed by atoms with Gasteiger partial charge in [0.05, 0.1) is 12.6 Å². The number of aromatic nitrogens is 2. The lowest BCUT2D eigenvalue weighted by Crippen LogP contribution is -2.42. The first kappa shape index (κ1) is 23.1. The number of hydrogen-bond acceptors (Lipinski definition) is 7. The summed E-state index contributed by atoms with van der Waals surface area (Å²) < 4.78 is 11.0. The van der Waals surface area contributed by atoms with Gasteiger partial charge in [-0.25, -0.2) is 0 Å². The number of aryl methyl sites for hydroxylation is 2. The van der Waals surface area contributed by atoms with E-state index < -0.39 is 0 Å². The van der Waals surface area contributed by atoms with Crippen LogP contribution in [-0.4, -0.2) is 52.7 Å². The Bertz CT molecular complexity index is 1090. The van der Waals surface area contributed by atoms with Crippen molar-refractivity contribution in [3.05, 3.63) is 52.0 Å². The van der Waals surface area contributed by atoms with Crippen LogP contribution in [0.5, 0.6) is 0 Å². The van der Waals surface area contributed by atoms with Gasteiger partial charge in [0.2, 0.25) is 23.5 Å². The molecule has 1 aliphatic heterocycles. The number of amides is 2. The third-order valence-electron chi connectivity index (χ3n) is 5.81. The molecule has 1 saturated heterocycles. The normalized spacial score (nSPS) is 15.5. The topological polar surface area (TPSA) is 97.6 Å². The van der Waals surface area contributed by atoms with E-state index in [4.69, 9.17) is 9.26 Å². The van der Waals surface area contributed by atoms with Crippen LogP contribution in [-0.2, 0) is 20.7 Å². The third kappa shape index (κ3) is 6.06. The van der Waals surface area contributed by atoms with E-state index in [2.05, 4.69) is 15.5 Å². The van der Waals surface area contributed by atoms with Gasteiger partial charge in [-0.05, 0) is 55.3 Å². The molecule has 174 valence electrons. The maximum Gasteiger partial charge on any atom is 0.244 e. The minimum absolute atomic E-state index is 0.0317. The van der Waals surface area contributed by atoms with Gasteiger partial charge in [0.25, 0.3) is 0 Å². The molecule has 0 radical (unpaired) electrons. The van der Waals surface area contributed by atoms with Gasteiger partial charge in [-0.15, -0.1) is 0 Å². The molecule has 1 aromatic carbocycles. The van der Waals surface area contributed by atoms with Crippen molar-refractivity contribution in [2.24, 2.45) is 0 Å². The minimum Gasteiger partial charge on any atom is -0.376 e. The van der Waals surface area contributed by atoms with E-state index in [1.54, 1.807) is 16.2 Å². The molecule has 1 fully saturated rings. The molecule has 4 rings (SSSR count). The van der Waals surface area contributed by atoms with Crippen LogP contribution in [0.4, 0.5) is 5.69 Å². The summed E-state index contributed by atoms with van der Waals surface area (Å²) in [5.74, 6) is 0.550. The van der Waals surface area contributed by atoms with Crippen LogP contribution >= 0.6 is 11.3 Å². The van der Waals surface area contributed by atoms with E-state index >= 15 is 0 Å². The second kappa shape index (κ2) is 10.7. The largest absolute Gasteiger partial charge is 0.376 e. The summed E-state index contributed by atoms with van der Waals surface area (Å²) in [5, 5.41) is 10.8. The van der Waals surface area contributed by atoms with Crippen molar-refractivity contribution in [1.29, 1.82) is 0 Å². The number of carbonyl (C=O) groups excluding carboxylic acids is 2. The predicted molar refractivity (Wildman–Crippen MR) is 126 cm³/mol. The van der Waals surface area contributed by atoms with Gasteiger partial charge in [0.15, 0.2) is 0 Å². The fourth-order valence-electron chi connectivity index (χ4n) is 3.78. The molecule has 3 heterocycles. The number of nitrogens with one attached hydrogen (secondary N) is 1. The zero-order chi connectivity index (χ0) is 23.2. The lowest BCUT2D eigenvalue weighted by molar-refractivity contribution is -0.136. The highest BCUT2D eigenvalue weighted by Crippen LogP contribution is 2.20. The summed E-state index contributed by atoms with van der Waals surface area (Å²) in [6.45, 7) is 5.02. The second-order valence-electron chi connectivity index (χ2n) is 8.23. The highest BCUT2D eigenvalue weighted by atomic mass is 32.1. The Labute approximate surface area is 196 Å². The Morgan fingerprint density at radius 1 is 1.27 bits per heavy atom. The molecule has 8 nitrogen and oxygen atoms in total. The van der Waals surface area contributed by atoms with Crippen LogP contribution in [0.25, 0.3) is 11.4 Å². The summed E-state index contributed by atoms with van der Waals surface area (Å²) in [7, 11) is 0. The number of anilines is 1. The van der Waals surface area contributed by atoms with Crippen molar-refractivity contribution in [1.82, 2.24) is 15.0 Å². The molecule has 9 heteroatoms. The first-order valence-electron chi connectivity index (χ1n) is 11.1. The van der Waals surface area contributed by atoms with Gasteiger partial charge < -0.3 is 19.5 Å². The average Bonchev–Trinajstić information content (AvgIpc) is 3.57. The molecule has 0 saturated carbocycles. The third-order valence-corrected chi connectivity index (χ3v) is 6.50. The van der Waals surface area contributed by atoms with Crippen molar-refractivity contribution in [2.75, 3.05) is 25.0 Å². The second-order valence-corrected chi connectivity index (χ2v) is 9.01. The van der Waals surface area contributed by atoms with Gasteiger partial charge in [0, 0.05) is 42.6 Å². The van der Waals surface area contributed by atoms with Crippen molar-refractivity contribution in [3.63, 3.8) is 0 Å². The molecule has 0 spiro atoms. The number of benzene rings is 1.